The Kier molecular flexibility index (Phi) is 3.93. The van der Waals surface area contributed by atoms with Crippen LogP contribution in [0.4, 0.5) is 11.4 Å². The van der Waals surface area contributed by atoms with Gasteiger partial charge >= 0.3 is 0 Å². The monoisotopic (exact) mass is 232 g/mol. The zero-order valence-electron chi connectivity index (χ0n) is 11.3. The van der Waals surface area contributed by atoms with Crippen molar-refractivity contribution in [2.45, 2.75) is 45.2 Å². The molecular formula is C15H24N2. The van der Waals surface area contributed by atoms with E-state index in [1.54, 1.807) is 0 Å². The normalized spacial score (nSPS) is 15.5. The van der Waals surface area contributed by atoms with Crippen LogP contribution >= 0.6 is 0 Å². The first-order valence-corrected chi connectivity index (χ1v) is 6.80. The smallest absolute Gasteiger partial charge is 0.101 e. The third kappa shape index (κ3) is 2.41. The summed E-state index contributed by atoms with van der Waals surface area (Å²) in [7, 11) is 4.43. The van der Waals surface area contributed by atoms with Gasteiger partial charge in [0.05, 0.1) is 11.4 Å². The molecule has 0 aliphatic carbocycles. The molecule has 94 valence electrons. The second-order valence-electron chi connectivity index (χ2n) is 5.04. The highest BCUT2D eigenvalue weighted by Crippen LogP contribution is 2.38. The third-order valence-corrected chi connectivity index (χ3v) is 3.85. The van der Waals surface area contributed by atoms with Gasteiger partial charge in [-0.2, -0.15) is 0 Å². The zero-order valence-corrected chi connectivity index (χ0v) is 11.3. The van der Waals surface area contributed by atoms with E-state index in [9.17, 15) is 0 Å². The average Bonchev–Trinajstić information content (AvgIpc) is 2.60. The molecule has 1 aromatic carbocycles. The van der Waals surface area contributed by atoms with Crippen LogP contribution in [0, 0.1) is 0 Å². The molecule has 1 aliphatic heterocycles. The van der Waals surface area contributed by atoms with Crippen molar-refractivity contribution in [1.29, 1.82) is 0 Å². The first kappa shape index (κ1) is 12.3. The van der Waals surface area contributed by atoms with Crippen LogP contribution in [0.3, 0.4) is 0 Å². The Labute approximate surface area is 105 Å². The molecule has 0 spiro atoms. The highest BCUT2D eigenvalue weighted by atomic mass is 15.4. The van der Waals surface area contributed by atoms with Crippen LogP contribution in [-0.2, 0) is 0 Å². The fourth-order valence-electron chi connectivity index (χ4n) is 2.78. The van der Waals surface area contributed by atoms with Crippen LogP contribution in [0.1, 0.15) is 39.0 Å². The van der Waals surface area contributed by atoms with Gasteiger partial charge in [-0.15, -0.1) is 0 Å². The molecule has 17 heavy (non-hydrogen) atoms. The quantitative estimate of drug-likeness (QED) is 0.711. The maximum atomic E-state index is 2.42. The number of anilines is 2. The molecule has 2 rings (SSSR count). The second kappa shape index (κ2) is 5.44. The van der Waals surface area contributed by atoms with Crippen molar-refractivity contribution < 1.29 is 0 Å². The van der Waals surface area contributed by atoms with Gasteiger partial charge < -0.3 is 9.80 Å². The van der Waals surface area contributed by atoms with Gasteiger partial charge in [-0.3, -0.25) is 0 Å². The molecule has 2 heteroatoms. The number of hydrogen-bond acceptors (Lipinski definition) is 2. The van der Waals surface area contributed by atoms with Gasteiger partial charge in [0, 0.05) is 14.1 Å². The van der Waals surface area contributed by atoms with E-state index in [0.29, 0.717) is 6.17 Å². The second-order valence-corrected chi connectivity index (χ2v) is 5.04. The summed E-state index contributed by atoms with van der Waals surface area (Å²) < 4.78 is 0. The maximum Gasteiger partial charge on any atom is 0.101 e. The Morgan fingerprint density at radius 1 is 0.941 bits per heavy atom. The van der Waals surface area contributed by atoms with Gasteiger partial charge in [0.2, 0.25) is 0 Å². The Bertz CT molecular complexity index is 333. The summed E-state index contributed by atoms with van der Waals surface area (Å²) in [6.07, 6.45) is 7.20. The lowest BCUT2D eigenvalue weighted by molar-refractivity contribution is 0.539. The van der Waals surface area contributed by atoms with Crippen LogP contribution in [-0.4, -0.2) is 20.3 Å². The molecule has 0 atom stereocenters. The number of unbranched alkanes of at least 4 members (excludes halogenated alkanes) is 3. The lowest BCUT2D eigenvalue weighted by Crippen LogP contribution is -2.38. The molecule has 0 saturated carbocycles. The van der Waals surface area contributed by atoms with E-state index in [1.807, 2.05) is 0 Å². The highest BCUT2D eigenvalue weighted by Gasteiger charge is 2.29. The Hall–Kier alpha value is -1.18. The minimum absolute atomic E-state index is 0.546. The fourth-order valence-corrected chi connectivity index (χ4v) is 2.78. The van der Waals surface area contributed by atoms with Crippen LogP contribution in [0.25, 0.3) is 0 Å². The minimum Gasteiger partial charge on any atom is -0.353 e. The average molecular weight is 232 g/mol. The molecule has 1 aliphatic rings. The topological polar surface area (TPSA) is 6.48 Å². The molecule has 0 amide bonds. The van der Waals surface area contributed by atoms with E-state index in [1.165, 1.54) is 43.5 Å². The molecule has 0 aromatic heterocycles. The number of hydrogen-bond donors (Lipinski definition) is 0. The fraction of sp³-hybridized carbons (Fsp3) is 0.600. The van der Waals surface area contributed by atoms with Crippen LogP contribution in [0.5, 0.6) is 0 Å². The van der Waals surface area contributed by atoms with Crippen LogP contribution in [0.2, 0.25) is 0 Å². The van der Waals surface area contributed by atoms with Gasteiger partial charge in [0.1, 0.15) is 6.17 Å². The van der Waals surface area contributed by atoms with E-state index in [0.717, 1.165) is 0 Å². The summed E-state index contributed by atoms with van der Waals surface area (Å²) in [5.74, 6) is 0. The number of para-hydroxylation sites is 2. The van der Waals surface area contributed by atoms with E-state index >= 15 is 0 Å². The standard InChI is InChI=1S/C15H24N2/c1-4-5-6-7-12-15-16(2)13-10-8-9-11-14(13)17(15)3/h8-11,15H,4-7,12H2,1-3H3. The molecule has 0 unspecified atom stereocenters. The largest absolute Gasteiger partial charge is 0.353 e. The van der Waals surface area contributed by atoms with Gasteiger partial charge in [0.25, 0.3) is 0 Å². The molecule has 0 saturated heterocycles. The van der Waals surface area contributed by atoms with E-state index in [4.69, 9.17) is 0 Å². The van der Waals surface area contributed by atoms with Gasteiger partial charge in [-0.1, -0.05) is 38.3 Å². The van der Waals surface area contributed by atoms with Crippen molar-refractivity contribution in [3.05, 3.63) is 24.3 Å². The number of benzene rings is 1. The van der Waals surface area contributed by atoms with E-state index < -0.39 is 0 Å². The lowest BCUT2D eigenvalue weighted by atomic mass is 10.1. The summed E-state index contributed by atoms with van der Waals surface area (Å²) >= 11 is 0. The Morgan fingerprint density at radius 2 is 1.53 bits per heavy atom. The summed E-state index contributed by atoms with van der Waals surface area (Å²) in [6.45, 7) is 2.27. The molecular weight excluding hydrogens is 208 g/mol. The first-order valence-electron chi connectivity index (χ1n) is 6.80. The van der Waals surface area contributed by atoms with Crippen LogP contribution in [0.15, 0.2) is 24.3 Å². The predicted molar refractivity (Wildman–Crippen MR) is 75.8 cm³/mol. The molecule has 1 heterocycles. The molecule has 0 bridgehead atoms. The molecule has 0 fully saturated rings. The Morgan fingerprint density at radius 3 is 2.06 bits per heavy atom. The Balaban J connectivity index is 1.98. The summed E-state index contributed by atoms with van der Waals surface area (Å²) in [5, 5.41) is 0. The van der Waals surface area contributed by atoms with Gasteiger partial charge in [-0.25, -0.2) is 0 Å². The number of fused-ring (bicyclic) bond motifs is 1. The van der Waals surface area contributed by atoms with Crippen molar-refractivity contribution in [2.24, 2.45) is 0 Å². The van der Waals surface area contributed by atoms with Gasteiger partial charge in [0.15, 0.2) is 0 Å². The zero-order chi connectivity index (χ0) is 12.3. The number of nitrogens with zero attached hydrogens (tertiary/aromatic N) is 2. The third-order valence-electron chi connectivity index (χ3n) is 3.85. The number of rotatable bonds is 5. The van der Waals surface area contributed by atoms with Crippen molar-refractivity contribution in [1.82, 2.24) is 0 Å². The maximum absolute atomic E-state index is 2.42. The first-order chi connectivity index (χ1) is 8.25. The van der Waals surface area contributed by atoms with Crippen molar-refractivity contribution in [3.63, 3.8) is 0 Å². The molecule has 2 nitrogen and oxygen atoms in total. The van der Waals surface area contributed by atoms with Crippen molar-refractivity contribution >= 4 is 11.4 Å². The highest BCUT2D eigenvalue weighted by molar-refractivity contribution is 5.76. The molecule has 1 aromatic rings. The van der Waals surface area contributed by atoms with Crippen molar-refractivity contribution in [2.75, 3.05) is 23.9 Å². The van der Waals surface area contributed by atoms with E-state index in [-0.39, 0.29) is 0 Å². The SMILES string of the molecule is CCCCCCC1N(C)c2ccccc2N1C. The summed E-state index contributed by atoms with van der Waals surface area (Å²) in [4.78, 5) is 4.84. The van der Waals surface area contributed by atoms with Crippen LogP contribution < -0.4 is 9.80 Å². The lowest BCUT2D eigenvalue weighted by Gasteiger charge is -2.27. The summed E-state index contributed by atoms with van der Waals surface area (Å²) in [6, 6.07) is 8.70. The molecule has 0 N–H and O–H groups in total. The van der Waals surface area contributed by atoms with Crippen molar-refractivity contribution in [3.8, 4) is 0 Å². The minimum atomic E-state index is 0.546. The predicted octanol–water partition coefficient (Wildman–Crippen LogP) is 3.87. The van der Waals surface area contributed by atoms with E-state index in [2.05, 4.69) is 55.1 Å². The summed E-state index contributed by atoms with van der Waals surface area (Å²) in [5.41, 5.74) is 2.74. The molecule has 0 radical (unpaired) electrons. The van der Waals surface area contributed by atoms with Gasteiger partial charge in [-0.05, 0) is 25.0 Å².